The van der Waals surface area contributed by atoms with Crippen molar-refractivity contribution in [1.82, 2.24) is 0 Å². The average molecular weight is 404 g/mol. The Balaban J connectivity index is -0.0000000570. The van der Waals surface area contributed by atoms with Gasteiger partial charge in [0.25, 0.3) is 0 Å². The number of carboxylic acid groups (broad SMARTS) is 2. The fourth-order valence-corrected chi connectivity index (χ4v) is 0.136. The molecule has 0 aliphatic carbocycles. The molecule has 0 unspecified atom stereocenters. The number of carbonyl (C=O) groups excluding carboxylic acids is 2. The van der Waals surface area contributed by atoms with Gasteiger partial charge in [0, 0.05) is 0 Å². The number of unbranched alkanes of at least 4 members (excludes halogenated alkanes) is 3. The Bertz CT molecular complexity index is 185. The first kappa shape index (κ1) is 32.4. The van der Waals surface area contributed by atoms with E-state index in [1.54, 1.807) is 0 Å². The van der Waals surface area contributed by atoms with Crippen molar-refractivity contribution in [2.24, 2.45) is 0 Å². The standard InChI is InChI=1S/C4H4O4.3C4H9.Sn/c5-3(6)1-2-4(7)8;3*1-3-4-2;/h1-2H,(H,5,6)(H,7,8);3*1,3-4H2,2H3;/q;;;;+2/p-2/b2-1-;;;;. The largest absolute Gasteiger partial charge is 2.00 e. The third-order valence-electron chi connectivity index (χ3n) is 1.42. The summed E-state index contributed by atoms with van der Waals surface area (Å²) in [6.07, 6.45) is 7.60. The zero-order chi connectivity index (χ0) is 16.8. The van der Waals surface area contributed by atoms with Crippen molar-refractivity contribution in [2.45, 2.75) is 59.3 Å². The van der Waals surface area contributed by atoms with Crippen molar-refractivity contribution in [1.29, 1.82) is 0 Å². The minimum Gasteiger partial charge on any atom is -0.545 e. The molecule has 121 valence electrons. The van der Waals surface area contributed by atoms with E-state index < -0.39 is 11.9 Å². The summed E-state index contributed by atoms with van der Waals surface area (Å²) in [4.78, 5) is 18.8. The molecule has 21 heavy (non-hydrogen) atoms. The van der Waals surface area contributed by atoms with Crippen molar-refractivity contribution >= 4 is 35.8 Å². The summed E-state index contributed by atoms with van der Waals surface area (Å²) in [5.74, 6) is -3.09. The second-order valence-corrected chi connectivity index (χ2v) is 3.53. The van der Waals surface area contributed by atoms with Crippen molar-refractivity contribution in [2.75, 3.05) is 0 Å². The second-order valence-electron chi connectivity index (χ2n) is 3.53. The van der Waals surface area contributed by atoms with Crippen LogP contribution in [0.2, 0.25) is 0 Å². The molecule has 4 nitrogen and oxygen atoms in total. The molecule has 0 heterocycles. The maximum absolute atomic E-state index is 9.41. The van der Waals surface area contributed by atoms with Crippen LogP contribution >= 0.6 is 0 Å². The summed E-state index contributed by atoms with van der Waals surface area (Å²) >= 11 is 0. The molecule has 0 aromatic carbocycles. The van der Waals surface area contributed by atoms with Crippen LogP contribution in [0.25, 0.3) is 0 Å². The molecule has 0 saturated carbocycles. The summed E-state index contributed by atoms with van der Waals surface area (Å²) in [6.45, 7) is 17.2. The number of hydrogen-bond donors (Lipinski definition) is 0. The summed E-state index contributed by atoms with van der Waals surface area (Å²) in [5, 5.41) is 18.8. The van der Waals surface area contributed by atoms with Crippen LogP contribution < -0.4 is 10.2 Å². The van der Waals surface area contributed by atoms with Crippen molar-refractivity contribution in [3.05, 3.63) is 32.9 Å². The van der Waals surface area contributed by atoms with Crippen LogP contribution in [0.4, 0.5) is 0 Å². The first-order chi connectivity index (χ1) is 9.37. The topological polar surface area (TPSA) is 80.3 Å². The quantitative estimate of drug-likeness (QED) is 0.514. The van der Waals surface area contributed by atoms with Gasteiger partial charge in [-0.3, -0.25) is 0 Å². The Morgan fingerprint density at radius 1 is 0.762 bits per heavy atom. The van der Waals surface area contributed by atoms with Gasteiger partial charge in [0.1, 0.15) is 0 Å². The molecule has 5 radical (unpaired) electrons. The van der Waals surface area contributed by atoms with Crippen molar-refractivity contribution in [3.63, 3.8) is 0 Å². The van der Waals surface area contributed by atoms with E-state index in [0.29, 0.717) is 12.2 Å². The molecule has 0 fully saturated rings. The Morgan fingerprint density at radius 3 is 0.952 bits per heavy atom. The minimum atomic E-state index is -1.55. The van der Waals surface area contributed by atoms with E-state index in [1.165, 1.54) is 19.3 Å². The summed E-state index contributed by atoms with van der Waals surface area (Å²) in [6, 6.07) is 0. The molecule has 0 rings (SSSR count). The van der Waals surface area contributed by atoms with Crippen LogP contribution in [0, 0.1) is 20.8 Å². The van der Waals surface area contributed by atoms with Gasteiger partial charge in [-0.25, -0.2) is 0 Å². The Morgan fingerprint density at radius 2 is 0.905 bits per heavy atom. The molecule has 0 N–H and O–H groups in total. The predicted octanol–water partition coefficient (Wildman–Crippen LogP) is 1.52. The third kappa shape index (κ3) is 106. The molecule has 0 saturated heterocycles. The summed E-state index contributed by atoms with van der Waals surface area (Å²) in [5.41, 5.74) is 0. The first-order valence-corrected chi connectivity index (χ1v) is 6.85. The van der Waals surface area contributed by atoms with Gasteiger partial charge in [0.2, 0.25) is 0 Å². The van der Waals surface area contributed by atoms with E-state index >= 15 is 0 Å². The Kier molecular flexibility index (Phi) is 56.5. The van der Waals surface area contributed by atoms with Gasteiger partial charge >= 0.3 is 23.9 Å². The van der Waals surface area contributed by atoms with Gasteiger partial charge in [-0.15, -0.1) is 0 Å². The van der Waals surface area contributed by atoms with Crippen LogP contribution in [0.3, 0.4) is 0 Å². The van der Waals surface area contributed by atoms with Gasteiger partial charge in [-0.1, -0.05) is 80.1 Å². The molecule has 0 aliphatic rings. The Labute approximate surface area is 148 Å². The van der Waals surface area contributed by atoms with Crippen molar-refractivity contribution in [3.8, 4) is 0 Å². The fourth-order valence-electron chi connectivity index (χ4n) is 0.136. The molecule has 0 aromatic rings. The number of rotatable bonds is 5. The first-order valence-electron chi connectivity index (χ1n) is 6.85. The molecule has 0 bridgehead atoms. The van der Waals surface area contributed by atoms with Crippen LogP contribution in [-0.2, 0) is 9.59 Å². The minimum absolute atomic E-state index is 0. The normalized spacial score (nSPS) is 7.90. The maximum atomic E-state index is 9.41. The van der Waals surface area contributed by atoms with Crippen LogP contribution in [-0.4, -0.2) is 35.8 Å². The number of aliphatic carboxylic acids is 2. The summed E-state index contributed by atoms with van der Waals surface area (Å²) < 4.78 is 0. The van der Waals surface area contributed by atoms with Crippen LogP contribution in [0.1, 0.15) is 59.3 Å². The zero-order valence-electron chi connectivity index (χ0n) is 13.7. The number of carbonyl (C=O) groups is 2. The SMILES string of the molecule is O=C([O-])/C=C\C(=O)[O-].[CH2]CCC.[CH2]CCC.[CH2]CCC.[Sn+2]. The third-order valence-corrected chi connectivity index (χ3v) is 1.42. The second kappa shape index (κ2) is 36.6. The van der Waals surface area contributed by atoms with Gasteiger partial charge in [0.15, 0.2) is 0 Å². The van der Waals surface area contributed by atoms with Crippen LogP contribution in [0.5, 0.6) is 0 Å². The van der Waals surface area contributed by atoms with E-state index in [4.69, 9.17) is 0 Å². The van der Waals surface area contributed by atoms with E-state index in [9.17, 15) is 19.8 Å². The van der Waals surface area contributed by atoms with Crippen LogP contribution in [0.15, 0.2) is 12.2 Å². The monoisotopic (exact) mass is 405 g/mol. The van der Waals surface area contributed by atoms with Gasteiger partial charge in [-0.2, -0.15) is 0 Å². The molecular weight excluding hydrogens is 375 g/mol. The molecule has 5 heteroatoms. The van der Waals surface area contributed by atoms with E-state index in [0.717, 1.165) is 19.3 Å². The predicted molar refractivity (Wildman–Crippen MR) is 85.7 cm³/mol. The molecular formula is C16H29O4Sn. The van der Waals surface area contributed by atoms with Crippen molar-refractivity contribution < 1.29 is 19.8 Å². The molecule has 0 atom stereocenters. The molecule has 0 aromatic heterocycles. The van der Waals surface area contributed by atoms with E-state index in [1.807, 2.05) is 0 Å². The van der Waals surface area contributed by atoms with Gasteiger partial charge in [0.05, 0.1) is 11.9 Å². The molecule has 0 spiro atoms. The average Bonchev–Trinajstić information content (AvgIpc) is 2.45. The molecule has 0 amide bonds. The van der Waals surface area contributed by atoms with Gasteiger partial charge in [-0.05, 0) is 12.2 Å². The Hall–Kier alpha value is -0.521. The van der Waals surface area contributed by atoms with E-state index in [-0.39, 0.29) is 23.9 Å². The van der Waals surface area contributed by atoms with Gasteiger partial charge < -0.3 is 19.8 Å². The molecule has 0 aliphatic heterocycles. The number of carboxylic acids is 2. The zero-order valence-corrected chi connectivity index (χ0v) is 16.5. The number of hydrogen-bond acceptors (Lipinski definition) is 4. The maximum Gasteiger partial charge on any atom is 2.00 e. The summed E-state index contributed by atoms with van der Waals surface area (Å²) in [7, 11) is 0. The fraction of sp³-hybridized carbons (Fsp3) is 0.562. The van der Waals surface area contributed by atoms with E-state index in [2.05, 4.69) is 41.5 Å². The smallest absolute Gasteiger partial charge is 0.545 e.